The number of carboxylic acid groups (broad SMARTS) is 1. The molecule has 2 saturated carbocycles. The van der Waals surface area contributed by atoms with E-state index in [1.165, 1.54) is 13.8 Å². The van der Waals surface area contributed by atoms with Gasteiger partial charge in [-0.15, -0.1) is 0 Å². The van der Waals surface area contributed by atoms with Crippen molar-refractivity contribution in [2.45, 2.75) is 87.3 Å². The molecule has 1 amide bonds. The number of rotatable bonds is 8. The molecule has 3 fully saturated rings. The van der Waals surface area contributed by atoms with Gasteiger partial charge < -0.3 is 9.84 Å². The molecule has 6 atom stereocenters. The number of sulfonamides is 1. The number of nitrogens with zero attached hydrogens (tertiary/aromatic N) is 3. The lowest BCUT2D eigenvalue weighted by Gasteiger charge is -2.32. The summed E-state index contributed by atoms with van der Waals surface area (Å²) in [7, 11) is -3.81. The van der Waals surface area contributed by atoms with Gasteiger partial charge in [0.05, 0.1) is 42.4 Å². The molecule has 1 aromatic heterocycles. The Morgan fingerprint density at radius 1 is 1.32 bits per heavy atom. The van der Waals surface area contributed by atoms with Crippen molar-refractivity contribution in [2.24, 2.45) is 5.92 Å². The Labute approximate surface area is 196 Å². The number of likely N-dealkylation sites (tertiary alicyclic amines) is 1. The fourth-order valence-electron chi connectivity index (χ4n) is 5.34. The molecule has 190 valence electrons. The first-order valence-corrected chi connectivity index (χ1v) is 12.9. The van der Waals surface area contributed by atoms with Crippen molar-refractivity contribution < 1.29 is 36.2 Å². The molecular formula is C21H29F3N4O5S. The molecule has 1 aromatic rings. The Morgan fingerprint density at radius 3 is 2.56 bits per heavy atom. The van der Waals surface area contributed by atoms with Crippen LogP contribution in [-0.4, -0.2) is 77.0 Å². The Bertz CT molecular complexity index is 1010. The fourth-order valence-corrected chi connectivity index (χ4v) is 6.29. The first-order chi connectivity index (χ1) is 15.9. The summed E-state index contributed by atoms with van der Waals surface area (Å²) in [6.07, 6.45) is 0.0671. The predicted molar refractivity (Wildman–Crippen MR) is 114 cm³/mol. The van der Waals surface area contributed by atoms with E-state index < -0.39 is 51.7 Å². The lowest BCUT2D eigenvalue weighted by Crippen LogP contribution is -2.52. The minimum atomic E-state index is -3.81. The van der Waals surface area contributed by atoms with Crippen molar-refractivity contribution in [3.05, 3.63) is 24.0 Å². The highest BCUT2D eigenvalue weighted by Gasteiger charge is 2.60. The van der Waals surface area contributed by atoms with E-state index in [2.05, 4.69) is 14.7 Å². The molecule has 0 radical (unpaired) electrons. The van der Waals surface area contributed by atoms with Gasteiger partial charge in [0.2, 0.25) is 10.0 Å². The predicted octanol–water partition coefficient (Wildman–Crippen LogP) is 2.52. The summed E-state index contributed by atoms with van der Waals surface area (Å²) in [5, 5.41) is 8.81. The van der Waals surface area contributed by atoms with Gasteiger partial charge in [-0.2, -0.15) is 0 Å². The summed E-state index contributed by atoms with van der Waals surface area (Å²) in [5.41, 5.74) is -0.204. The van der Waals surface area contributed by atoms with E-state index in [0.29, 0.717) is 30.0 Å². The molecule has 0 bridgehead atoms. The molecule has 3 aliphatic rings. The first kappa shape index (κ1) is 25.1. The molecule has 0 aromatic carbocycles. The van der Waals surface area contributed by atoms with Crippen molar-refractivity contribution in [1.29, 1.82) is 0 Å². The second-order valence-electron chi connectivity index (χ2n) is 9.72. The second-order valence-corrected chi connectivity index (χ2v) is 12.0. The highest BCUT2D eigenvalue weighted by molar-refractivity contribution is 7.90. The van der Waals surface area contributed by atoms with E-state index in [-0.39, 0.29) is 30.5 Å². The van der Waals surface area contributed by atoms with Gasteiger partial charge in [-0.3, -0.25) is 4.90 Å². The van der Waals surface area contributed by atoms with Crippen molar-refractivity contribution in [3.63, 3.8) is 0 Å². The standard InChI is InChI=1S/C21H29F3N4O5S/c1-11(2)34(31,32)27-15-6-16(18(23)24)28(20(29)30)17(15)10-33-14-3-4-21(7-12(21)5-14)19-25-8-13(22)9-26-19/h8-9,11-12,14-18,27H,3-7,10H2,1-2H3,(H,29,30)/t12?,14?,15-,16-,17-,21?/m0/s1. The van der Waals surface area contributed by atoms with Crippen LogP contribution in [0.15, 0.2) is 12.4 Å². The zero-order valence-electron chi connectivity index (χ0n) is 18.9. The molecule has 1 aliphatic heterocycles. The van der Waals surface area contributed by atoms with E-state index in [9.17, 15) is 31.5 Å². The van der Waals surface area contributed by atoms with Crippen molar-refractivity contribution in [1.82, 2.24) is 19.6 Å². The van der Waals surface area contributed by atoms with Crippen LogP contribution in [0.4, 0.5) is 18.0 Å². The zero-order valence-corrected chi connectivity index (χ0v) is 19.7. The average Bonchev–Trinajstić information content (AvgIpc) is 3.38. The molecule has 2 N–H and O–H groups in total. The Kier molecular flexibility index (Phi) is 6.82. The largest absolute Gasteiger partial charge is 0.465 e. The summed E-state index contributed by atoms with van der Waals surface area (Å²) in [5.74, 6) is 0.340. The van der Waals surface area contributed by atoms with Crippen LogP contribution in [0.3, 0.4) is 0 Å². The smallest absolute Gasteiger partial charge is 0.408 e. The molecule has 1 saturated heterocycles. The van der Waals surface area contributed by atoms with E-state index in [0.717, 1.165) is 18.8 Å². The van der Waals surface area contributed by atoms with Crippen LogP contribution < -0.4 is 4.72 Å². The molecule has 4 rings (SSSR count). The van der Waals surface area contributed by atoms with Gasteiger partial charge in [-0.1, -0.05) is 0 Å². The summed E-state index contributed by atoms with van der Waals surface area (Å²) in [4.78, 5) is 20.7. The fraction of sp³-hybridized carbons (Fsp3) is 0.762. The highest BCUT2D eigenvalue weighted by atomic mass is 32.2. The minimum absolute atomic E-state index is 0.196. The number of amides is 1. The van der Waals surface area contributed by atoms with Crippen LogP contribution in [0.1, 0.15) is 51.8 Å². The summed E-state index contributed by atoms with van der Waals surface area (Å²) < 4.78 is 73.6. The van der Waals surface area contributed by atoms with Gasteiger partial charge in [0.15, 0.2) is 5.82 Å². The van der Waals surface area contributed by atoms with E-state index in [1.807, 2.05) is 0 Å². The summed E-state index contributed by atoms with van der Waals surface area (Å²) in [6.45, 7) is 2.71. The van der Waals surface area contributed by atoms with Crippen LogP contribution in [0.25, 0.3) is 0 Å². The monoisotopic (exact) mass is 506 g/mol. The van der Waals surface area contributed by atoms with Gasteiger partial charge in [-0.25, -0.2) is 41.1 Å². The topological polar surface area (TPSA) is 122 Å². The lowest BCUT2D eigenvalue weighted by molar-refractivity contribution is -0.0216. The maximum atomic E-state index is 13.6. The van der Waals surface area contributed by atoms with E-state index >= 15 is 0 Å². The maximum absolute atomic E-state index is 13.6. The average molecular weight is 507 g/mol. The number of alkyl halides is 2. The van der Waals surface area contributed by atoms with Crippen molar-refractivity contribution >= 4 is 16.1 Å². The molecule has 3 unspecified atom stereocenters. The molecule has 34 heavy (non-hydrogen) atoms. The number of halogens is 3. The van der Waals surface area contributed by atoms with Crippen molar-refractivity contribution in [3.8, 4) is 0 Å². The number of hydrogen-bond acceptors (Lipinski definition) is 6. The SMILES string of the molecule is CC(C)S(=O)(=O)N[C@H]1C[C@@H](C(F)F)N(C(=O)O)[C@H]1COC1CCC2(c3ncc(F)cn3)CC2C1. The van der Waals surface area contributed by atoms with Crippen LogP contribution in [0.5, 0.6) is 0 Å². The van der Waals surface area contributed by atoms with Gasteiger partial charge in [0.25, 0.3) is 6.43 Å². The molecule has 2 aliphatic carbocycles. The third kappa shape index (κ3) is 4.74. The van der Waals surface area contributed by atoms with Gasteiger partial charge in [0, 0.05) is 11.5 Å². The molecular weight excluding hydrogens is 477 g/mol. The number of aromatic nitrogens is 2. The second kappa shape index (κ2) is 9.23. The Morgan fingerprint density at radius 2 is 2.00 bits per heavy atom. The number of hydrogen-bond donors (Lipinski definition) is 2. The number of ether oxygens (including phenoxy) is 1. The maximum Gasteiger partial charge on any atom is 0.408 e. The minimum Gasteiger partial charge on any atom is -0.465 e. The number of carbonyl (C=O) groups is 1. The van der Waals surface area contributed by atoms with Crippen LogP contribution >= 0.6 is 0 Å². The summed E-state index contributed by atoms with van der Waals surface area (Å²) in [6, 6.07) is -3.71. The van der Waals surface area contributed by atoms with E-state index in [1.54, 1.807) is 0 Å². The first-order valence-electron chi connectivity index (χ1n) is 11.3. The number of fused-ring (bicyclic) bond motifs is 1. The van der Waals surface area contributed by atoms with Gasteiger partial charge >= 0.3 is 6.09 Å². The Balaban J connectivity index is 1.43. The van der Waals surface area contributed by atoms with Crippen LogP contribution in [-0.2, 0) is 20.2 Å². The molecule has 0 spiro atoms. The lowest BCUT2D eigenvalue weighted by atomic mass is 9.86. The Hall–Kier alpha value is -1.99. The van der Waals surface area contributed by atoms with Crippen molar-refractivity contribution in [2.75, 3.05) is 6.61 Å². The van der Waals surface area contributed by atoms with Gasteiger partial charge in [-0.05, 0) is 51.9 Å². The summed E-state index contributed by atoms with van der Waals surface area (Å²) >= 11 is 0. The third-order valence-electron chi connectivity index (χ3n) is 7.38. The van der Waals surface area contributed by atoms with Crippen LogP contribution in [0.2, 0.25) is 0 Å². The van der Waals surface area contributed by atoms with Crippen LogP contribution in [0, 0.1) is 11.7 Å². The molecule has 9 nitrogen and oxygen atoms in total. The normalized spacial score (nSPS) is 33.4. The third-order valence-corrected chi connectivity index (χ3v) is 9.26. The number of nitrogens with one attached hydrogen (secondary N) is 1. The molecule has 2 heterocycles. The van der Waals surface area contributed by atoms with Gasteiger partial charge in [0.1, 0.15) is 5.82 Å². The zero-order chi connectivity index (χ0) is 24.8. The quantitative estimate of drug-likeness (QED) is 0.556. The highest BCUT2D eigenvalue weighted by Crippen LogP contribution is 2.61. The molecule has 13 heteroatoms. The van der Waals surface area contributed by atoms with E-state index in [4.69, 9.17) is 4.74 Å².